The summed E-state index contributed by atoms with van der Waals surface area (Å²) in [5.41, 5.74) is -4.19. The Morgan fingerprint density at radius 3 is 1.95 bits per heavy atom. The van der Waals surface area contributed by atoms with Crippen molar-refractivity contribution in [3.05, 3.63) is 119 Å². The van der Waals surface area contributed by atoms with Gasteiger partial charge < -0.3 is 54.7 Å². The summed E-state index contributed by atoms with van der Waals surface area (Å²) in [4.78, 5) is 90.5. The van der Waals surface area contributed by atoms with E-state index in [2.05, 4.69) is 28.4 Å². The quantitative estimate of drug-likeness (QED) is 0.0256. The lowest BCUT2D eigenvalue weighted by Crippen LogP contribution is -2.75. The topological polar surface area (TPSA) is 280 Å². The highest BCUT2D eigenvalue weighted by atomic mass is 19.3. The van der Waals surface area contributed by atoms with Crippen LogP contribution in [0.1, 0.15) is 142 Å². The van der Waals surface area contributed by atoms with Crippen LogP contribution in [-0.4, -0.2) is 117 Å². The van der Waals surface area contributed by atoms with Crippen molar-refractivity contribution in [1.82, 2.24) is 10.6 Å². The number of aliphatic hydroxyl groups is 2. The molecule has 2 bridgehead atoms. The summed E-state index contributed by atoms with van der Waals surface area (Å²) < 4.78 is 43.7. The largest absolute Gasteiger partial charge is 0.481 e. The molecule has 0 radical (unpaired) electrons. The normalized spacial score (nSPS) is 25.0. The summed E-state index contributed by atoms with van der Waals surface area (Å²) in [7, 11) is 0. The van der Waals surface area contributed by atoms with Crippen molar-refractivity contribution >= 4 is 41.8 Å². The van der Waals surface area contributed by atoms with Crippen molar-refractivity contribution in [3.63, 3.8) is 0 Å². The number of carboxylic acid groups (broad SMARTS) is 2. The minimum absolute atomic E-state index is 0.00709. The van der Waals surface area contributed by atoms with E-state index in [1.807, 2.05) is 44.2 Å². The monoisotopic (exact) mass is 1130 g/mol. The summed E-state index contributed by atoms with van der Waals surface area (Å²) in [6.07, 6.45) is 2.06. The molecule has 444 valence electrons. The van der Waals surface area contributed by atoms with Gasteiger partial charge in [-0.15, -0.1) is 12.8 Å². The van der Waals surface area contributed by atoms with Gasteiger partial charge in [0.25, 0.3) is 5.97 Å². The Balaban J connectivity index is 0.000000530. The lowest BCUT2D eigenvalue weighted by Gasteiger charge is -2.64. The standard InChI is InChI=1S/C41H50FNO11.C14H19NO4.C2H4O2.C2H6.C2H2/c1-22-28(51-30(45)18-26(23-14-10-8-11-15-23)43-37(48)53-38(2,3)4)20-41(49)35(52-36(47)24-16-12-9-13-17-24)32-25-21-50-27(25)19-29(44)40(32,7)34(46)33(54-42)31(22)39(41,5)6;16-13(17)9-5-2-6-10-15-14(18)19-11-12-7-3-1-4-8-12;1-2(3)4;2*1-2/h8-17,25-29,32-33,35,44,49H,18-21H2,1-7H3,(H,43,48);1,3-4,7-8H,2,5-6,9-11H2,(H,15,18)(H,16,17);1H3,(H,3,4);1-2H3;1-2H/t25-,26-,27-,28+,29+,32?,33-,35+,40-,41-;;;;/m1..../s1. The summed E-state index contributed by atoms with van der Waals surface area (Å²) in [6, 6.07) is 25.5. The van der Waals surface area contributed by atoms with E-state index in [0.29, 0.717) is 18.5 Å². The number of hydrogen-bond acceptors (Lipinski definition) is 15. The Labute approximate surface area is 474 Å². The molecule has 4 aliphatic rings. The number of amides is 2. The number of fused-ring (bicyclic) bond motifs is 5. The number of aliphatic hydroxyl groups excluding tert-OH is 1. The zero-order valence-corrected chi connectivity index (χ0v) is 48.0. The minimum atomic E-state index is -2.12. The lowest BCUT2D eigenvalue weighted by atomic mass is 9.46. The molecule has 6 N–H and O–H groups in total. The number of ether oxygens (including phenoxy) is 5. The number of halogens is 1. The number of aliphatic carboxylic acids is 2. The molecule has 3 fully saturated rings. The summed E-state index contributed by atoms with van der Waals surface area (Å²) in [5, 5.41) is 46.1. The summed E-state index contributed by atoms with van der Waals surface area (Å²) in [6.45, 7) is 17.4. The Hall–Kier alpha value is -7.18. The maximum Gasteiger partial charge on any atom is 0.408 e. The van der Waals surface area contributed by atoms with Gasteiger partial charge in [-0.3, -0.25) is 19.2 Å². The van der Waals surface area contributed by atoms with Crippen LogP contribution in [0.25, 0.3) is 0 Å². The van der Waals surface area contributed by atoms with Crippen molar-refractivity contribution in [2.75, 3.05) is 13.2 Å². The first-order chi connectivity index (χ1) is 38.2. The molecule has 1 unspecified atom stereocenters. The number of Topliss-reactive ketones (excluding diaryl/α,β-unsaturated/α-hetero) is 1. The molecule has 3 aromatic rings. The maximum absolute atomic E-state index is 15.0. The summed E-state index contributed by atoms with van der Waals surface area (Å²) in [5.74, 6) is -5.49. The van der Waals surface area contributed by atoms with Gasteiger partial charge >= 0.3 is 30.1 Å². The first-order valence-corrected chi connectivity index (χ1v) is 27.0. The van der Waals surface area contributed by atoms with E-state index in [9.17, 15) is 39.0 Å². The van der Waals surface area contributed by atoms with Crippen LogP contribution in [0.4, 0.5) is 14.1 Å². The molecule has 2 amide bonds. The second-order valence-corrected chi connectivity index (χ2v) is 21.5. The number of alkyl carbamates (subject to hydrolysis) is 2. The molecule has 3 aromatic carbocycles. The molecule has 10 atom stereocenters. The van der Waals surface area contributed by atoms with E-state index < -0.39 is 112 Å². The highest BCUT2D eigenvalue weighted by Gasteiger charge is 2.72. The van der Waals surface area contributed by atoms with Gasteiger partial charge in [0.05, 0.1) is 42.3 Å². The number of unbranched alkanes of at least 4 members (excludes halogenated alkanes) is 2. The molecule has 1 heterocycles. The van der Waals surface area contributed by atoms with Crippen LogP contribution in [-0.2, 0) is 54.4 Å². The molecule has 3 aliphatic carbocycles. The van der Waals surface area contributed by atoms with Crippen LogP contribution in [0.15, 0.2) is 102 Å². The maximum atomic E-state index is 15.0. The molecule has 81 heavy (non-hydrogen) atoms. The first kappa shape index (κ1) is 68.1. The SMILES string of the molecule is C#C.CC.CC(=O)O.CC1=C2[C@@H](OF)C(=O)[C@@]3(C)C([C@@H]4CO[C@@H]4C[C@@H]3O)[C@H](OC(=O)c3ccccc3)[C@](O)(C[C@@H]1OC(=O)C[C@@H](NC(=O)OC(C)(C)C)c1ccccc1)C2(C)C.O=C(O)CCCCCNC(=O)OCc1ccccc1. The van der Waals surface area contributed by atoms with Gasteiger partial charge in [0.2, 0.25) is 0 Å². The predicted octanol–water partition coefficient (Wildman–Crippen LogP) is 9.44. The number of carbonyl (C=O) groups excluding carboxylic acids is 5. The number of carbonyl (C=O) groups is 7. The van der Waals surface area contributed by atoms with Crippen molar-refractivity contribution < 1.29 is 87.1 Å². The van der Waals surface area contributed by atoms with Crippen molar-refractivity contribution in [2.24, 2.45) is 22.7 Å². The highest BCUT2D eigenvalue weighted by Crippen LogP contribution is 2.62. The second-order valence-electron chi connectivity index (χ2n) is 21.5. The average Bonchev–Trinajstić information content (AvgIpc) is 1.92. The first-order valence-electron chi connectivity index (χ1n) is 27.0. The third kappa shape index (κ3) is 17.9. The Morgan fingerprint density at radius 2 is 1.42 bits per heavy atom. The molecule has 0 spiro atoms. The highest BCUT2D eigenvalue weighted by molar-refractivity contribution is 5.94. The smallest absolute Gasteiger partial charge is 0.408 e. The minimum Gasteiger partial charge on any atom is -0.481 e. The van der Waals surface area contributed by atoms with E-state index in [-0.39, 0.29) is 55.6 Å². The molecule has 20 heteroatoms. The van der Waals surface area contributed by atoms with E-state index in [4.69, 9.17) is 38.7 Å². The third-order valence-electron chi connectivity index (χ3n) is 14.7. The van der Waals surface area contributed by atoms with Crippen LogP contribution in [0, 0.1) is 35.5 Å². The van der Waals surface area contributed by atoms with Crippen LogP contribution < -0.4 is 10.6 Å². The number of ketones is 1. The van der Waals surface area contributed by atoms with Crippen molar-refractivity contribution in [1.29, 1.82) is 0 Å². The number of hydrogen-bond donors (Lipinski definition) is 6. The number of benzene rings is 3. The third-order valence-corrected chi connectivity index (χ3v) is 14.7. The van der Waals surface area contributed by atoms with E-state index in [1.165, 1.54) is 6.92 Å². The van der Waals surface area contributed by atoms with Gasteiger partial charge in [-0.05, 0) is 86.4 Å². The van der Waals surface area contributed by atoms with Gasteiger partial charge in [0.15, 0.2) is 11.9 Å². The molecule has 2 saturated carbocycles. The molecular formula is C61H81FN2O17. The number of rotatable bonds is 16. The molecule has 1 aliphatic heterocycles. The van der Waals surface area contributed by atoms with E-state index in [0.717, 1.165) is 25.3 Å². The van der Waals surface area contributed by atoms with Crippen LogP contribution in [0.5, 0.6) is 0 Å². The average molecular weight is 1130 g/mol. The fraction of sp³-hybridized carbons (Fsp3) is 0.525. The Kier molecular flexibility index (Phi) is 26.2. The van der Waals surface area contributed by atoms with Crippen LogP contribution in [0.3, 0.4) is 0 Å². The molecular weight excluding hydrogens is 1050 g/mol. The lowest BCUT2D eigenvalue weighted by molar-refractivity contribution is -0.283. The fourth-order valence-electron chi connectivity index (χ4n) is 10.7. The van der Waals surface area contributed by atoms with Crippen LogP contribution in [0.2, 0.25) is 0 Å². The van der Waals surface area contributed by atoms with Crippen LogP contribution >= 0.6 is 0 Å². The van der Waals surface area contributed by atoms with Gasteiger partial charge in [-0.2, -0.15) is 4.94 Å². The zero-order valence-electron chi connectivity index (χ0n) is 48.0. The van der Waals surface area contributed by atoms with E-state index >= 15 is 4.53 Å². The summed E-state index contributed by atoms with van der Waals surface area (Å²) >= 11 is 0. The Morgan fingerprint density at radius 1 is 0.852 bits per heavy atom. The zero-order chi connectivity index (χ0) is 60.9. The molecule has 0 aromatic heterocycles. The van der Waals surface area contributed by atoms with E-state index in [1.54, 1.807) is 102 Å². The molecule has 19 nitrogen and oxygen atoms in total. The number of nitrogens with one attached hydrogen (secondary N) is 2. The predicted molar refractivity (Wildman–Crippen MR) is 296 cm³/mol. The van der Waals surface area contributed by atoms with Gasteiger partial charge in [-0.25, -0.2) is 14.4 Å². The van der Waals surface area contributed by atoms with Gasteiger partial charge in [0.1, 0.15) is 30.0 Å². The molecule has 7 rings (SSSR count). The van der Waals surface area contributed by atoms with Gasteiger partial charge in [0, 0.05) is 50.0 Å². The fourth-order valence-corrected chi connectivity index (χ4v) is 10.7. The van der Waals surface area contributed by atoms with Crippen molar-refractivity contribution in [2.45, 2.75) is 169 Å². The second kappa shape index (κ2) is 31.1. The number of terminal acetylenes is 1. The van der Waals surface area contributed by atoms with Gasteiger partial charge in [-0.1, -0.05) is 113 Å². The Bertz CT molecular complexity index is 2600. The number of carboxylic acids is 2. The number of esters is 2. The van der Waals surface area contributed by atoms with Crippen molar-refractivity contribution in [3.8, 4) is 12.8 Å². The molecule has 1 saturated heterocycles.